The van der Waals surface area contributed by atoms with E-state index in [1.54, 1.807) is 0 Å². The number of anilines is 1. The minimum Gasteiger partial charge on any atom is -0.482 e. The first-order valence-corrected chi connectivity index (χ1v) is 13.3. The number of sulfonamides is 2. The number of hydrogen-bond donors (Lipinski definition) is 1. The molecule has 2 aromatic rings. The predicted molar refractivity (Wildman–Crippen MR) is 117 cm³/mol. The molecular formula is C20H22ClF3N2O5S2. The Morgan fingerprint density at radius 1 is 0.939 bits per heavy atom. The summed E-state index contributed by atoms with van der Waals surface area (Å²) in [6, 6.07) is 8.30. The third-order valence-corrected chi connectivity index (χ3v) is 8.39. The van der Waals surface area contributed by atoms with Gasteiger partial charge >= 0.3 is 6.18 Å². The van der Waals surface area contributed by atoms with Crippen LogP contribution in [0.15, 0.2) is 52.3 Å². The molecule has 13 heteroatoms. The predicted octanol–water partition coefficient (Wildman–Crippen LogP) is 4.65. The summed E-state index contributed by atoms with van der Waals surface area (Å²) in [6.45, 7) is -1.08. The first-order valence-electron chi connectivity index (χ1n) is 10.0. The lowest BCUT2D eigenvalue weighted by atomic mass is 10.2. The fourth-order valence-corrected chi connectivity index (χ4v) is 6.21. The maximum absolute atomic E-state index is 13.1. The molecule has 0 aliphatic carbocycles. The molecule has 1 saturated heterocycles. The van der Waals surface area contributed by atoms with Crippen LogP contribution in [-0.2, 0) is 20.0 Å². The van der Waals surface area contributed by atoms with Crippen molar-refractivity contribution < 1.29 is 34.7 Å². The SMILES string of the molecule is O=S(=O)(Nc1cc(S(=O)(=O)N2CCCCCC2)ccc1OCC(F)(F)F)c1cccc(Cl)c1. The van der Waals surface area contributed by atoms with Crippen LogP contribution in [0.4, 0.5) is 18.9 Å². The fraction of sp³-hybridized carbons (Fsp3) is 0.400. The van der Waals surface area contributed by atoms with Gasteiger partial charge in [0.2, 0.25) is 10.0 Å². The molecule has 0 atom stereocenters. The zero-order valence-electron chi connectivity index (χ0n) is 17.3. The molecule has 0 aromatic heterocycles. The second-order valence-electron chi connectivity index (χ2n) is 7.44. The van der Waals surface area contributed by atoms with Crippen molar-refractivity contribution in [1.82, 2.24) is 4.31 Å². The van der Waals surface area contributed by atoms with Gasteiger partial charge in [0.05, 0.1) is 15.5 Å². The average molecular weight is 527 g/mol. The van der Waals surface area contributed by atoms with Gasteiger partial charge in [0.15, 0.2) is 6.61 Å². The van der Waals surface area contributed by atoms with Crippen LogP contribution in [0.3, 0.4) is 0 Å². The maximum atomic E-state index is 13.1. The van der Waals surface area contributed by atoms with Gasteiger partial charge in [-0.25, -0.2) is 16.8 Å². The highest BCUT2D eigenvalue weighted by atomic mass is 35.5. The number of halogens is 4. The van der Waals surface area contributed by atoms with E-state index in [9.17, 15) is 30.0 Å². The average Bonchev–Trinajstić information content (AvgIpc) is 3.02. The largest absolute Gasteiger partial charge is 0.482 e. The van der Waals surface area contributed by atoms with Crippen LogP contribution in [0.5, 0.6) is 5.75 Å². The summed E-state index contributed by atoms with van der Waals surface area (Å²) in [4.78, 5) is -0.509. The molecule has 2 aromatic carbocycles. The quantitative estimate of drug-likeness (QED) is 0.567. The van der Waals surface area contributed by atoms with E-state index in [1.165, 1.54) is 22.5 Å². The van der Waals surface area contributed by atoms with E-state index in [1.807, 2.05) is 0 Å². The summed E-state index contributed by atoms with van der Waals surface area (Å²) in [5.74, 6) is -0.465. The highest BCUT2D eigenvalue weighted by Gasteiger charge is 2.31. The van der Waals surface area contributed by atoms with Gasteiger partial charge in [-0.15, -0.1) is 0 Å². The Morgan fingerprint density at radius 2 is 1.61 bits per heavy atom. The molecule has 33 heavy (non-hydrogen) atoms. The molecule has 1 heterocycles. The zero-order valence-corrected chi connectivity index (χ0v) is 19.7. The smallest absolute Gasteiger partial charge is 0.422 e. The van der Waals surface area contributed by atoms with Crippen molar-refractivity contribution in [2.24, 2.45) is 0 Å². The van der Waals surface area contributed by atoms with E-state index in [0.717, 1.165) is 37.1 Å². The number of rotatable bonds is 7. The number of ether oxygens (including phenoxy) is 1. The Bertz CT molecular complexity index is 1200. The topological polar surface area (TPSA) is 92.8 Å². The van der Waals surface area contributed by atoms with Crippen LogP contribution in [-0.4, -0.2) is 47.0 Å². The van der Waals surface area contributed by atoms with Gasteiger partial charge in [0.25, 0.3) is 10.0 Å². The maximum Gasteiger partial charge on any atom is 0.422 e. The van der Waals surface area contributed by atoms with Crippen LogP contribution < -0.4 is 9.46 Å². The number of alkyl halides is 3. The zero-order chi connectivity index (χ0) is 24.3. The summed E-state index contributed by atoms with van der Waals surface area (Å²) in [6.07, 6.45) is -1.54. The van der Waals surface area contributed by atoms with Crippen LogP contribution >= 0.6 is 11.6 Å². The van der Waals surface area contributed by atoms with E-state index in [-0.39, 0.29) is 14.8 Å². The Labute approximate surface area is 195 Å². The molecule has 0 radical (unpaired) electrons. The molecular weight excluding hydrogens is 505 g/mol. The standard InChI is InChI=1S/C20H22ClF3N2O5S2/c21-15-6-5-7-16(12-15)32(27,28)25-18-13-17(8-9-19(18)31-14-20(22,23)24)33(29,30)26-10-3-1-2-4-11-26/h5-9,12-13,25H,1-4,10-11,14H2. The van der Waals surface area contributed by atoms with Crippen LogP contribution in [0.1, 0.15) is 25.7 Å². The minimum absolute atomic E-state index is 0.129. The van der Waals surface area contributed by atoms with Gasteiger partial charge in [0, 0.05) is 18.1 Å². The molecule has 0 saturated carbocycles. The summed E-state index contributed by atoms with van der Waals surface area (Å²) >= 11 is 5.84. The fourth-order valence-electron chi connectivity index (χ4n) is 3.30. The molecule has 0 amide bonds. The van der Waals surface area contributed by atoms with Gasteiger partial charge in [0.1, 0.15) is 5.75 Å². The molecule has 1 N–H and O–H groups in total. The van der Waals surface area contributed by atoms with E-state index in [0.29, 0.717) is 25.9 Å². The number of nitrogens with one attached hydrogen (secondary N) is 1. The Morgan fingerprint density at radius 3 is 2.21 bits per heavy atom. The number of hydrogen-bond acceptors (Lipinski definition) is 5. The Hall–Kier alpha value is -2.02. The Balaban J connectivity index is 2.00. The molecule has 1 aliphatic rings. The number of nitrogens with zero attached hydrogens (tertiary/aromatic N) is 1. The van der Waals surface area contributed by atoms with Crippen molar-refractivity contribution >= 4 is 37.3 Å². The second-order valence-corrected chi connectivity index (χ2v) is 11.5. The molecule has 1 aliphatic heterocycles. The van der Waals surface area contributed by atoms with Crippen LogP contribution in [0.2, 0.25) is 5.02 Å². The molecule has 1 fully saturated rings. The third-order valence-electron chi connectivity index (χ3n) is 4.90. The molecule has 182 valence electrons. The second kappa shape index (κ2) is 10.1. The lowest BCUT2D eigenvalue weighted by Gasteiger charge is -2.21. The molecule has 0 unspecified atom stereocenters. The van der Waals surface area contributed by atoms with Crippen molar-refractivity contribution in [1.29, 1.82) is 0 Å². The van der Waals surface area contributed by atoms with Crippen molar-refractivity contribution in [2.75, 3.05) is 24.4 Å². The van der Waals surface area contributed by atoms with Crippen molar-refractivity contribution in [3.63, 3.8) is 0 Å². The normalized spacial score (nSPS) is 16.2. The van der Waals surface area contributed by atoms with Gasteiger partial charge in [-0.3, -0.25) is 4.72 Å². The monoisotopic (exact) mass is 526 g/mol. The van der Waals surface area contributed by atoms with E-state index < -0.39 is 44.3 Å². The summed E-state index contributed by atoms with van der Waals surface area (Å²) in [5, 5.41) is 0.129. The first-order chi connectivity index (χ1) is 15.4. The first kappa shape index (κ1) is 25.6. The highest BCUT2D eigenvalue weighted by Crippen LogP contribution is 2.33. The lowest BCUT2D eigenvalue weighted by molar-refractivity contribution is -0.153. The molecule has 3 rings (SSSR count). The molecule has 0 spiro atoms. The van der Waals surface area contributed by atoms with Gasteiger partial charge < -0.3 is 4.74 Å². The van der Waals surface area contributed by atoms with Crippen LogP contribution in [0.25, 0.3) is 0 Å². The summed E-state index contributed by atoms with van der Waals surface area (Å²) in [5.41, 5.74) is -0.435. The van der Waals surface area contributed by atoms with Gasteiger partial charge in [-0.2, -0.15) is 17.5 Å². The number of benzene rings is 2. The minimum atomic E-state index is -4.68. The van der Waals surface area contributed by atoms with Crippen molar-refractivity contribution in [3.8, 4) is 5.75 Å². The highest BCUT2D eigenvalue weighted by molar-refractivity contribution is 7.92. The Kier molecular flexibility index (Phi) is 7.82. The van der Waals surface area contributed by atoms with Gasteiger partial charge in [-0.05, 0) is 49.2 Å². The third kappa shape index (κ3) is 6.75. The van der Waals surface area contributed by atoms with Gasteiger partial charge in [-0.1, -0.05) is 30.5 Å². The van der Waals surface area contributed by atoms with E-state index >= 15 is 0 Å². The van der Waals surface area contributed by atoms with Crippen LogP contribution in [0, 0.1) is 0 Å². The van der Waals surface area contributed by atoms with E-state index in [2.05, 4.69) is 4.72 Å². The summed E-state index contributed by atoms with van der Waals surface area (Å²) in [7, 11) is -8.30. The molecule has 0 bridgehead atoms. The summed E-state index contributed by atoms with van der Waals surface area (Å²) < 4.78 is 98.1. The van der Waals surface area contributed by atoms with Crippen molar-refractivity contribution in [3.05, 3.63) is 47.5 Å². The van der Waals surface area contributed by atoms with Crippen molar-refractivity contribution in [2.45, 2.75) is 41.7 Å². The molecule has 7 nitrogen and oxygen atoms in total. The lowest BCUT2D eigenvalue weighted by Crippen LogP contribution is -2.32. The van der Waals surface area contributed by atoms with E-state index in [4.69, 9.17) is 16.3 Å².